The molecule has 6 heteroatoms. The minimum absolute atomic E-state index is 0.447. The Kier molecular flexibility index (Phi) is 4.37. The molecule has 2 aromatic rings. The molecule has 0 radical (unpaired) electrons. The highest BCUT2D eigenvalue weighted by Crippen LogP contribution is 2.34. The van der Waals surface area contributed by atoms with Gasteiger partial charge in [0.2, 0.25) is 0 Å². The maximum atomic E-state index is 13.9. The number of piperazine rings is 1. The smallest absolute Gasteiger partial charge is 0.130 e. The molecule has 1 aromatic carbocycles. The van der Waals surface area contributed by atoms with E-state index in [0.29, 0.717) is 24.2 Å². The maximum Gasteiger partial charge on any atom is 0.130 e. The number of rotatable bonds is 4. The van der Waals surface area contributed by atoms with Crippen molar-refractivity contribution in [2.45, 2.75) is 31.6 Å². The van der Waals surface area contributed by atoms with Crippen LogP contribution in [0.2, 0.25) is 0 Å². The zero-order valence-corrected chi connectivity index (χ0v) is 14.7. The zero-order chi connectivity index (χ0) is 16.7. The SMILES string of the molecule is Fc1ccc(CN2C3CC2CN(Cc2cncc(Br)c2)C3)c(F)c1. The first-order valence-electron chi connectivity index (χ1n) is 8.10. The molecule has 0 spiro atoms. The molecule has 3 aliphatic rings. The monoisotopic (exact) mass is 393 g/mol. The Hall–Kier alpha value is -1.37. The summed E-state index contributed by atoms with van der Waals surface area (Å²) in [4.78, 5) is 8.98. The zero-order valence-electron chi connectivity index (χ0n) is 13.1. The summed E-state index contributed by atoms with van der Waals surface area (Å²) in [5.74, 6) is -0.967. The van der Waals surface area contributed by atoms with Gasteiger partial charge in [-0.15, -0.1) is 0 Å². The molecule has 5 rings (SSSR count). The normalized spacial score (nSPS) is 24.0. The molecule has 4 heterocycles. The molecule has 24 heavy (non-hydrogen) atoms. The molecule has 2 unspecified atom stereocenters. The third kappa shape index (κ3) is 3.23. The van der Waals surface area contributed by atoms with Gasteiger partial charge in [-0.3, -0.25) is 14.8 Å². The Balaban J connectivity index is 1.38. The van der Waals surface area contributed by atoms with E-state index < -0.39 is 11.6 Å². The van der Waals surface area contributed by atoms with Crippen LogP contribution in [-0.4, -0.2) is 40.0 Å². The molecule has 3 aliphatic heterocycles. The van der Waals surface area contributed by atoms with Crippen LogP contribution in [0.1, 0.15) is 17.5 Å². The van der Waals surface area contributed by atoms with Gasteiger partial charge < -0.3 is 0 Å². The van der Waals surface area contributed by atoms with Crippen LogP contribution >= 0.6 is 15.9 Å². The van der Waals surface area contributed by atoms with Crippen molar-refractivity contribution in [3.63, 3.8) is 0 Å². The molecule has 126 valence electrons. The standard InChI is InChI=1S/C18H18BrF2N3/c19-14-3-12(6-22-7-14)8-23-10-16-5-17(11-23)24(16)9-13-1-2-15(20)4-18(13)21/h1-4,6-7,16-17H,5,8-11H2. The van der Waals surface area contributed by atoms with Crippen LogP contribution in [0.3, 0.4) is 0 Å². The molecule has 0 saturated carbocycles. The summed E-state index contributed by atoms with van der Waals surface area (Å²) in [6.45, 7) is 3.41. The van der Waals surface area contributed by atoms with Crippen LogP contribution in [-0.2, 0) is 13.1 Å². The Bertz CT molecular complexity index is 743. The molecule has 0 aliphatic carbocycles. The molecule has 3 saturated heterocycles. The second-order valence-corrected chi connectivity index (χ2v) is 7.57. The Morgan fingerprint density at radius 1 is 1.08 bits per heavy atom. The number of fused-ring (bicyclic) bond motifs is 2. The van der Waals surface area contributed by atoms with Crippen molar-refractivity contribution < 1.29 is 8.78 Å². The number of hydrogen-bond donors (Lipinski definition) is 0. The van der Waals surface area contributed by atoms with Crippen molar-refractivity contribution in [1.82, 2.24) is 14.8 Å². The van der Waals surface area contributed by atoms with Gasteiger partial charge in [0.25, 0.3) is 0 Å². The van der Waals surface area contributed by atoms with Crippen molar-refractivity contribution in [3.8, 4) is 0 Å². The lowest BCUT2D eigenvalue weighted by Crippen LogP contribution is -2.67. The van der Waals surface area contributed by atoms with Crippen LogP contribution in [0.4, 0.5) is 8.78 Å². The average Bonchev–Trinajstić information content (AvgIpc) is 2.54. The molecule has 0 N–H and O–H groups in total. The van der Waals surface area contributed by atoms with Crippen molar-refractivity contribution in [1.29, 1.82) is 0 Å². The predicted octanol–water partition coefficient (Wildman–Crippen LogP) is 3.58. The van der Waals surface area contributed by atoms with Crippen molar-refractivity contribution >= 4 is 15.9 Å². The van der Waals surface area contributed by atoms with E-state index in [-0.39, 0.29) is 0 Å². The minimum Gasteiger partial charge on any atom is -0.296 e. The van der Waals surface area contributed by atoms with E-state index >= 15 is 0 Å². The minimum atomic E-state index is -0.520. The van der Waals surface area contributed by atoms with E-state index in [2.05, 4.69) is 36.8 Å². The first-order chi connectivity index (χ1) is 11.6. The van der Waals surface area contributed by atoms with E-state index in [1.807, 2.05) is 6.20 Å². The molecule has 2 bridgehead atoms. The summed E-state index contributed by atoms with van der Waals surface area (Å²) in [7, 11) is 0. The summed E-state index contributed by atoms with van der Waals surface area (Å²) in [5.41, 5.74) is 1.78. The number of pyridine rings is 1. The summed E-state index contributed by atoms with van der Waals surface area (Å²) >= 11 is 3.45. The largest absolute Gasteiger partial charge is 0.296 e. The Labute approximate surface area is 148 Å². The topological polar surface area (TPSA) is 19.4 Å². The van der Waals surface area contributed by atoms with Crippen molar-refractivity contribution in [3.05, 3.63) is 63.9 Å². The highest BCUT2D eigenvalue weighted by molar-refractivity contribution is 9.10. The number of aromatic nitrogens is 1. The average molecular weight is 394 g/mol. The third-order valence-corrected chi connectivity index (χ3v) is 5.39. The lowest BCUT2D eigenvalue weighted by Gasteiger charge is -2.56. The van der Waals surface area contributed by atoms with Gasteiger partial charge in [-0.1, -0.05) is 6.07 Å². The van der Waals surface area contributed by atoms with E-state index in [0.717, 1.165) is 36.6 Å². The highest BCUT2D eigenvalue weighted by Gasteiger charge is 2.44. The summed E-state index contributed by atoms with van der Waals surface area (Å²) in [6, 6.07) is 6.86. The quantitative estimate of drug-likeness (QED) is 0.791. The fraction of sp³-hybridized carbons (Fsp3) is 0.389. The summed E-state index contributed by atoms with van der Waals surface area (Å²) in [5, 5.41) is 0. The highest BCUT2D eigenvalue weighted by atomic mass is 79.9. The number of halogens is 3. The van der Waals surface area contributed by atoms with Gasteiger partial charge in [-0.25, -0.2) is 8.78 Å². The number of hydrogen-bond acceptors (Lipinski definition) is 3. The molecular weight excluding hydrogens is 376 g/mol. The van der Waals surface area contributed by atoms with Gasteiger partial charge in [0.1, 0.15) is 11.6 Å². The lowest BCUT2D eigenvalue weighted by molar-refractivity contribution is -0.0779. The maximum absolute atomic E-state index is 13.9. The first-order valence-corrected chi connectivity index (χ1v) is 8.89. The van der Waals surface area contributed by atoms with Crippen LogP contribution in [0, 0.1) is 11.6 Å². The van der Waals surface area contributed by atoms with E-state index in [4.69, 9.17) is 0 Å². The molecular formula is C18H18BrF2N3. The van der Waals surface area contributed by atoms with Gasteiger partial charge in [0.05, 0.1) is 0 Å². The Morgan fingerprint density at radius 3 is 2.58 bits per heavy atom. The van der Waals surface area contributed by atoms with Crippen LogP contribution < -0.4 is 0 Å². The number of nitrogens with zero attached hydrogens (tertiary/aromatic N) is 3. The summed E-state index contributed by atoms with van der Waals surface area (Å²) in [6.07, 6.45) is 4.85. The Morgan fingerprint density at radius 2 is 1.88 bits per heavy atom. The van der Waals surface area contributed by atoms with Gasteiger partial charge in [-0.2, -0.15) is 0 Å². The molecule has 1 aromatic heterocycles. The fourth-order valence-corrected chi connectivity index (χ4v) is 4.22. The second kappa shape index (κ2) is 6.50. The van der Waals surface area contributed by atoms with E-state index in [1.165, 1.54) is 11.6 Å². The van der Waals surface area contributed by atoms with E-state index in [9.17, 15) is 8.78 Å². The van der Waals surface area contributed by atoms with Gasteiger partial charge in [-0.05, 0) is 40.0 Å². The summed E-state index contributed by atoms with van der Waals surface area (Å²) < 4.78 is 27.9. The first kappa shape index (κ1) is 16.1. The van der Waals surface area contributed by atoms with Crippen molar-refractivity contribution in [2.24, 2.45) is 0 Å². The molecule has 0 amide bonds. The van der Waals surface area contributed by atoms with Gasteiger partial charge in [0.15, 0.2) is 0 Å². The fourth-order valence-electron chi connectivity index (χ4n) is 3.81. The number of piperidine rings is 1. The molecule has 2 atom stereocenters. The molecule has 3 nitrogen and oxygen atoms in total. The lowest BCUT2D eigenvalue weighted by atomic mass is 9.86. The van der Waals surface area contributed by atoms with Crippen LogP contribution in [0.25, 0.3) is 0 Å². The van der Waals surface area contributed by atoms with Crippen LogP contribution in [0.5, 0.6) is 0 Å². The van der Waals surface area contributed by atoms with Gasteiger partial charge in [0, 0.05) is 66.8 Å². The van der Waals surface area contributed by atoms with E-state index in [1.54, 1.807) is 12.3 Å². The number of benzene rings is 1. The third-order valence-electron chi connectivity index (χ3n) is 4.96. The molecule has 3 fully saturated rings. The van der Waals surface area contributed by atoms with Crippen LogP contribution in [0.15, 0.2) is 41.1 Å². The van der Waals surface area contributed by atoms with Crippen molar-refractivity contribution in [2.75, 3.05) is 13.1 Å². The van der Waals surface area contributed by atoms with Gasteiger partial charge >= 0.3 is 0 Å². The second-order valence-electron chi connectivity index (χ2n) is 6.66. The predicted molar refractivity (Wildman–Crippen MR) is 91.3 cm³/mol.